The first kappa shape index (κ1) is 3.64. The summed E-state index contributed by atoms with van der Waals surface area (Å²) in [6, 6.07) is -1.06. The van der Waals surface area contributed by atoms with E-state index in [-0.39, 0.29) is 0 Å². The monoisotopic (exact) mass is 160 g/mol. The van der Waals surface area contributed by atoms with Crippen LogP contribution in [-0.2, 0) is 0 Å². The lowest BCUT2D eigenvalue weighted by Gasteiger charge is -2.00. The molecule has 1 aromatic rings. The molecule has 1 rings (SSSR count). The van der Waals surface area contributed by atoms with Gasteiger partial charge in [-0.2, -0.15) is 0 Å². The maximum atomic E-state index is 13.4. The summed E-state index contributed by atoms with van der Waals surface area (Å²) >= 11 is 0. The van der Waals surface area contributed by atoms with E-state index in [2.05, 4.69) is 4.98 Å². The Bertz CT molecular complexity index is 424. The Labute approximate surface area is 70.7 Å². The van der Waals surface area contributed by atoms with Crippen molar-refractivity contribution in [3.8, 4) is 0 Å². The third kappa shape index (κ3) is 1.75. The molecule has 0 radical (unpaired) electrons. The van der Waals surface area contributed by atoms with Crippen molar-refractivity contribution in [2.45, 2.75) is 6.85 Å². The summed E-state index contributed by atoms with van der Waals surface area (Å²) in [6.07, 6.45) is -0.908. The lowest BCUT2D eigenvalue weighted by atomic mass is 9.81. The molecular weight excluding hydrogens is 148 g/mol. The first-order chi connectivity index (χ1) is 7.16. The van der Waals surface area contributed by atoms with Gasteiger partial charge in [0.15, 0.2) is 0 Å². The molecule has 11 heavy (non-hydrogen) atoms. The molecule has 0 aromatic carbocycles. The van der Waals surface area contributed by atoms with Gasteiger partial charge in [0.1, 0.15) is 5.82 Å². The molecule has 58 valence electrons. The van der Waals surface area contributed by atoms with E-state index >= 15 is 0 Å². The molecule has 0 aliphatic heterocycles. The number of nitrogens with zero attached hydrogens (tertiary/aromatic N) is 1. The number of aromatic nitrogens is 1. The standard InChI is InChI=1S/C6H7BFNO2/c1-4-2-6(8)5(3-9-4)7(10)11/h2-3,10-11H,1H3/i1D3,2D,3D. The number of halogens is 1. The van der Waals surface area contributed by atoms with Gasteiger partial charge in [0, 0.05) is 21.4 Å². The van der Waals surface area contributed by atoms with Gasteiger partial charge in [-0.1, -0.05) is 0 Å². The molecular formula is C6H7BFNO2. The molecule has 0 bridgehead atoms. The Kier molecular flexibility index (Phi) is 0.987. The number of hydrogen-bond donors (Lipinski definition) is 2. The van der Waals surface area contributed by atoms with E-state index in [1.165, 1.54) is 0 Å². The minimum Gasteiger partial charge on any atom is -0.423 e. The van der Waals surface area contributed by atoms with Gasteiger partial charge < -0.3 is 10.0 Å². The van der Waals surface area contributed by atoms with Gasteiger partial charge in [-0.05, 0) is 12.9 Å². The topological polar surface area (TPSA) is 53.4 Å². The van der Waals surface area contributed by atoms with Crippen molar-refractivity contribution in [3.63, 3.8) is 0 Å². The Hall–Kier alpha value is -0.935. The average molecular weight is 160 g/mol. The maximum Gasteiger partial charge on any atom is 0.493 e. The number of aryl methyl sites for hydroxylation is 1. The van der Waals surface area contributed by atoms with Crippen LogP contribution in [0.25, 0.3) is 0 Å². The predicted octanol–water partition coefficient (Wildman–Crippen LogP) is -0.791. The van der Waals surface area contributed by atoms with Gasteiger partial charge in [-0.25, -0.2) is 4.39 Å². The molecule has 0 unspecified atom stereocenters. The predicted molar refractivity (Wildman–Crippen MR) is 38.8 cm³/mol. The third-order valence-corrected chi connectivity index (χ3v) is 1.01. The Morgan fingerprint density at radius 2 is 2.55 bits per heavy atom. The highest BCUT2D eigenvalue weighted by Crippen LogP contribution is 1.95. The van der Waals surface area contributed by atoms with Crippen molar-refractivity contribution in [2.24, 2.45) is 0 Å². The van der Waals surface area contributed by atoms with Crippen LogP contribution in [-0.4, -0.2) is 22.2 Å². The van der Waals surface area contributed by atoms with Crippen molar-refractivity contribution in [3.05, 3.63) is 23.7 Å². The molecule has 0 atom stereocenters. The van der Waals surface area contributed by atoms with Crippen LogP contribution >= 0.6 is 0 Å². The largest absolute Gasteiger partial charge is 0.493 e. The van der Waals surface area contributed by atoms with Crippen molar-refractivity contribution in [1.82, 2.24) is 4.98 Å². The summed E-state index contributed by atoms with van der Waals surface area (Å²) in [5.41, 5.74) is -1.78. The quantitative estimate of drug-likeness (QED) is 0.529. The van der Waals surface area contributed by atoms with Gasteiger partial charge in [-0.15, -0.1) is 0 Å². The summed E-state index contributed by atoms with van der Waals surface area (Å²) in [5, 5.41) is 17.5. The molecule has 0 saturated heterocycles. The molecule has 0 spiro atoms. The minimum absolute atomic E-state index is 0.876. The lowest BCUT2D eigenvalue weighted by molar-refractivity contribution is 0.422. The fourth-order valence-electron chi connectivity index (χ4n) is 0.536. The van der Waals surface area contributed by atoms with Gasteiger partial charge in [-0.3, -0.25) is 4.98 Å². The summed E-state index contributed by atoms with van der Waals surface area (Å²) in [4.78, 5) is 3.18. The van der Waals surface area contributed by atoms with E-state index in [1.807, 2.05) is 0 Å². The SMILES string of the molecule is [2H]c1nc(C([2H])([2H])[2H])c([2H])c(F)c1B(O)O. The second-order valence-corrected chi connectivity index (χ2v) is 1.80. The highest BCUT2D eigenvalue weighted by Gasteiger charge is 2.16. The number of hydrogen-bond acceptors (Lipinski definition) is 3. The highest BCUT2D eigenvalue weighted by atomic mass is 19.1. The maximum absolute atomic E-state index is 13.4. The molecule has 0 amide bonds. The van der Waals surface area contributed by atoms with Gasteiger partial charge in [0.05, 0.1) is 2.74 Å². The van der Waals surface area contributed by atoms with E-state index < -0.39 is 43.2 Å². The van der Waals surface area contributed by atoms with E-state index in [0.717, 1.165) is 0 Å². The van der Waals surface area contributed by atoms with Crippen LogP contribution in [0.4, 0.5) is 4.39 Å². The third-order valence-electron chi connectivity index (χ3n) is 1.01. The zero-order chi connectivity index (χ0) is 12.7. The lowest BCUT2D eigenvalue weighted by Crippen LogP contribution is -2.33. The first-order valence-corrected chi connectivity index (χ1v) is 2.69. The molecule has 0 saturated carbocycles. The molecule has 0 aliphatic rings. The minimum atomic E-state index is -2.83. The normalized spacial score (nSPS) is 17.5. The number of pyridine rings is 1. The van der Waals surface area contributed by atoms with E-state index in [9.17, 15) is 4.39 Å². The Balaban J connectivity index is 3.52. The second-order valence-electron chi connectivity index (χ2n) is 1.80. The van der Waals surface area contributed by atoms with Crippen molar-refractivity contribution in [2.75, 3.05) is 0 Å². The van der Waals surface area contributed by atoms with Crippen LogP contribution in [0.3, 0.4) is 0 Å². The molecule has 0 fully saturated rings. The van der Waals surface area contributed by atoms with Crippen LogP contribution in [0.15, 0.2) is 12.2 Å². The summed E-state index contributed by atoms with van der Waals surface area (Å²) in [7, 11) is -2.31. The highest BCUT2D eigenvalue weighted by molar-refractivity contribution is 6.58. The molecule has 5 heteroatoms. The summed E-state index contributed by atoms with van der Waals surface area (Å²) in [5.74, 6) is -1.46. The van der Waals surface area contributed by atoms with E-state index in [1.54, 1.807) is 0 Å². The van der Waals surface area contributed by atoms with Crippen LogP contribution < -0.4 is 5.46 Å². The fraction of sp³-hybridized carbons (Fsp3) is 0.167. The van der Waals surface area contributed by atoms with Crippen molar-refractivity contribution < 1.29 is 21.3 Å². The van der Waals surface area contributed by atoms with Crippen LogP contribution in [0.5, 0.6) is 0 Å². The zero-order valence-corrected chi connectivity index (χ0v) is 5.30. The zero-order valence-electron chi connectivity index (χ0n) is 10.3. The van der Waals surface area contributed by atoms with Gasteiger partial charge in [0.25, 0.3) is 0 Å². The second kappa shape index (κ2) is 2.98. The first-order valence-electron chi connectivity index (χ1n) is 5.19. The molecule has 3 nitrogen and oxygen atoms in total. The van der Waals surface area contributed by atoms with Gasteiger partial charge >= 0.3 is 7.12 Å². The van der Waals surface area contributed by atoms with Gasteiger partial charge in [0.2, 0.25) is 0 Å². The molecule has 1 aromatic heterocycles. The Morgan fingerprint density at radius 1 is 1.82 bits per heavy atom. The molecule has 1 heterocycles. The van der Waals surface area contributed by atoms with Crippen molar-refractivity contribution >= 4 is 12.6 Å². The van der Waals surface area contributed by atoms with E-state index in [4.69, 9.17) is 16.9 Å². The van der Waals surface area contributed by atoms with Crippen LogP contribution in [0.1, 0.15) is 12.5 Å². The average Bonchev–Trinajstić information content (AvgIpc) is 2.09. The number of rotatable bonds is 1. The van der Waals surface area contributed by atoms with Crippen LogP contribution in [0.2, 0.25) is 0 Å². The Morgan fingerprint density at radius 3 is 3.09 bits per heavy atom. The van der Waals surface area contributed by atoms with E-state index in [0.29, 0.717) is 0 Å². The molecule has 0 aliphatic carbocycles. The smallest absolute Gasteiger partial charge is 0.423 e. The molecule has 2 N–H and O–H groups in total. The van der Waals surface area contributed by atoms with Crippen molar-refractivity contribution in [1.29, 1.82) is 0 Å². The van der Waals surface area contributed by atoms with Crippen LogP contribution in [0, 0.1) is 12.7 Å². The summed E-state index contributed by atoms with van der Waals surface area (Å²) < 4.78 is 48.6. The fourth-order valence-corrected chi connectivity index (χ4v) is 0.536. The summed E-state index contributed by atoms with van der Waals surface area (Å²) in [6.45, 7) is -2.83.